The zero-order chi connectivity index (χ0) is 10.4. The van der Waals surface area contributed by atoms with Gasteiger partial charge in [0.25, 0.3) is 0 Å². The van der Waals surface area contributed by atoms with Gasteiger partial charge in [-0.1, -0.05) is 0 Å². The molecule has 0 spiro atoms. The van der Waals surface area contributed by atoms with Gasteiger partial charge in [0.1, 0.15) is 6.10 Å². The molecule has 0 aromatic rings. The fraction of sp³-hybridized carbons (Fsp3) is 1.00. The predicted octanol–water partition coefficient (Wildman–Crippen LogP) is 0.414. The summed E-state index contributed by atoms with van der Waals surface area (Å²) >= 11 is 0. The predicted molar refractivity (Wildman–Crippen MR) is 49.7 cm³/mol. The van der Waals surface area contributed by atoms with Crippen molar-refractivity contribution >= 4 is 0 Å². The van der Waals surface area contributed by atoms with Gasteiger partial charge in [-0.15, -0.1) is 0 Å². The summed E-state index contributed by atoms with van der Waals surface area (Å²) in [5, 5.41) is 19.1. The van der Waals surface area contributed by atoms with E-state index in [2.05, 4.69) is 0 Å². The molecule has 1 saturated carbocycles. The monoisotopic (exact) mass is 202 g/mol. The van der Waals surface area contributed by atoms with E-state index >= 15 is 0 Å². The number of hydrogen-bond acceptors (Lipinski definition) is 4. The van der Waals surface area contributed by atoms with Crippen molar-refractivity contribution < 1.29 is 19.7 Å². The fourth-order valence-electron chi connectivity index (χ4n) is 2.50. The molecule has 1 aliphatic heterocycles. The minimum Gasteiger partial charge on any atom is -0.396 e. The Kier molecular flexibility index (Phi) is 2.34. The number of fused-ring (bicyclic) bond motifs is 1. The first-order chi connectivity index (χ1) is 6.47. The molecule has 0 amide bonds. The lowest BCUT2D eigenvalue weighted by Gasteiger charge is -2.29. The maximum atomic E-state index is 10.2. The molecule has 4 nitrogen and oxygen atoms in total. The van der Waals surface area contributed by atoms with E-state index in [1.165, 1.54) is 0 Å². The molecular formula is C10H18O4. The van der Waals surface area contributed by atoms with Gasteiger partial charge < -0.3 is 19.7 Å². The standard InChI is InChI=1S/C10H18O4/c1-9(2)13-7-3-4-10(12,5-6-11)8(7)14-9/h7-8,11-12H,3-6H2,1-2H3/t7-,8-,10+/m1/s1. The van der Waals surface area contributed by atoms with Crippen molar-refractivity contribution in [2.75, 3.05) is 6.61 Å². The van der Waals surface area contributed by atoms with Crippen LogP contribution < -0.4 is 0 Å². The van der Waals surface area contributed by atoms with Crippen LogP contribution in [0.4, 0.5) is 0 Å². The molecule has 0 aromatic carbocycles. The summed E-state index contributed by atoms with van der Waals surface area (Å²) < 4.78 is 11.3. The quantitative estimate of drug-likeness (QED) is 0.681. The molecule has 0 aromatic heterocycles. The van der Waals surface area contributed by atoms with Crippen molar-refractivity contribution in [2.24, 2.45) is 0 Å². The Balaban J connectivity index is 2.11. The highest BCUT2D eigenvalue weighted by molar-refractivity contribution is 5.03. The van der Waals surface area contributed by atoms with Crippen LogP contribution in [0.3, 0.4) is 0 Å². The maximum Gasteiger partial charge on any atom is 0.163 e. The maximum absolute atomic E-state index is 10.2. The number of rotatable bonds is 2. The molecule has 0 bridgehead atoms. The van der Waals surface area contributed by atoms with Crippen molar-refractivity contribution in [3.63, 3.8) is 0 Å². The first kappa shape index (κ1) is 10.4. The summed E-state index contributed by atoms with van der Waals surface area (Å²) in [5.41, 5.74) is -0.896. The highest BCUT2D eigenvalue weighted by Crippen LogP contribution is 2.44. The van der Waals surface area contributed by atoms with E-state index in [-0.39, 0.29) is 18.8 Å². The number of aliphatic hydroxyl groups is 2. The molecule has 0 radical (unpaired) electrons. The van der Waals surface area contributed by atoms with Gasteiger partial charge in [-0.25, -0.2) is 0 Å². The molecule has 1 saturated heterocycles. The third-order valence-corrected chi connectivity index (χ3v) is 3.12. The second-order valence-corrected chi connectivity index (χ2v) is 4.71. The molecule has 0 unspecified atom stereocenters. The van der Waals surface area contributed by atoms with Crippen LogP contribution in [0.1, 0.15) is 33.1 Å². The van der Waals surface area contributed by atoms with Crippen LogP contribution in [0.2, 0.25) is 0 Å². The Bertz CT molecular complexity index is 224. The Morgan fingerprint density at radius 3 is 2.71 bits per heavy atom. The second-order valence-electron chi connectivity index (χ2n) is 4.71. The normalized spacial score (nSPS) is 45.4. The van der Waals surface area contributed by atoms with Gasteiger partial charge in [0, 0.05) is 13.0 Å². The Morgan fingerprint density at radius 1 is 1.36 bits per heavy atom. The molecule has 4 heteroatoms. The summed E-state index contributed by atoms with van der Waals surface area (Å²) in [5.74, 6) is -0.598. The summed E-state index contributed by atoms with van der Waals surface area (Å²) in [7, 11) is 0. The van der Waals surface area contributed by atoms with E-state index in [1.807, 2.05) is 13.8 Å². The third-order valence-electron chi connectivity index (χ3n) is 3.12. The fourth-order valence-corrected chi connectivity index (χ4v) is 2.50. The van der Waals surface area contributed by atoms with Gasteiger partial charge >= 0.3 is 0 Å². The highest BCUT2D eigenvalue weighted by Gasteiger charge is 2.56. The van der Waals surface area contributed by atoms with Crippen molar-refractivity contribution in [3.8, 4) is 0 Å². The van der Waals surface area contributed by atoms with Crippen molar-refractivity contribution in [1.29, 1.82) is 0 Å². The zero-order valence-corrected chi connectivity index (χ0v) is 8.69. The molecule has 14 heavy (non-hydrogen) atoms. The van der Waals surface area contributed by atoms with Gasteiger partial charge in [0.05, 0.1) is 11.7 Å². The van der Waals surface area contributed by atoms with E-state index in [0.29, 0.717) is 12.8 Å². The molecule has 2 rings (SSSR count). The van der Waals surface area contributed by atoms with Crippen LogP contribution in [0.5, 0.6) is 0 Å². The van der Waals surface area contributed by atoms with Crippen molar-refractivity contribution in [2.45, 2.75) is 56.7 Å². The molecule has 82 valence electrons. The van der Waals surface area contributed by atoms with E-state index in [0.717, 1.165) is 6.42 Å². The van der Waals surface area contributed by atoms with E-state index in [1.54, 1.807) is 0 Å². The number of aliphatic hydroxyl groups excluding tert-OH is 1. The van der Waals surface area contributed by atoms with Crippen molar-refractivity contribution in [3.05, 3.63) is 0 Å². The highest BCUT2D eigenvalue weighted by atomic mass is 16.8. The Labute approximate surface area is 83.8 Å². The van der Waals surface area contributed by atoms with Crippen LogP contribution in [-0.4, -0.2) is 40.4 Å². The van der Waals surface area contributed by atoms with Gasteiger partial charge in [-0.05, 0) is 26.7 Å². The van der Waals surface area contributed by atoms with Gasteiger partial charge in [-0.2, -0.15) is 0 Å². The molecule has 1 heterocycles. The molecular weight excluding hydrogens is 184 g/mol. The minimum atomic E-state index is -0.896. The summed E-state index contributed by atoms with van der Waals surface area (Å²) in [4.78, 5) is 0. The van der Waals surface area contributed by atoms with Gasteiger partial charge in [0.15, 0.2) is 5.79 Å². The molecule has 1 aliphatic carbocycles. The molecule has 3 atom stereocenters. The minimum absolute atomic E-state index is 0.0104. The lowest BCUT2D eigenvalue weighted by Crippen LogP contribution is -2.42. The molecule has 2 fully saturated rings. The molecule has 2 N–H and O–H groups in total. The van der Waals surface area contributed by atoms with Gasteiger partial charge in [-0.3, -0.25) is 0 Å². The molecule has 2 aliphatic rings. The number of ether oxygens (including phenoxy) is 2. The average Bonchev–Trinajstić information content (AvgIpc) is 2.50. The summed E-state index contributed by atoms with van der Waals surface area (Å²) in [6.07, 6.45) is 1.54. The van der Waals surface area contributed by atoms with E-state index < -0.39 is 11.4 Å². The van der Waals surface area contributed by atoms with Crippen LogP contribution in [-0.2, 0) is 9.47 Å². The first-order valence-corrected chi connectivity index (χ1v) is 5.16. The summed E-state index contributed by atoms with van der Waals surface area (Å²) in [6.45, 7) is 3.69. The van der Waals surface area contributed by atoms with Gasteiger partial charge in [0.2, 0.25) is 0 Å². The average molecular weight is 202 g/mol. The largest absolute Gasteiger partial charge is 0.396 e. The second kappa shape index (κ2) is 3.17. The Morgan fingerprint density at radius 2 is 2.07 bits per heavy atom. The van der Waals surface area contributed by atoms with Crippen LogP contribution >= 0.6 is 0 Å². The zero-order valence-electron chi connectivity index (χ0n) is 8.69. The summed E-state index contributed by atoms with van der Waals surface area (Å²) in [6, 6.07) is 0. The SMILES string of the molecule is CC1(C)O[C@@H]2[C@@H](CC[C@]2(O)CCO)O1. The lowest BCUT2D eigenvalue weighted by molar-refractivity contribution is -0.180. The van der Waals surface area contributed by atoms with Crippen LogP contribution in [0, 0.1) is 0 Å². The smallest absolute Gasteiger partial charge is 0.163 e. The van der Waals surface area contributed by atoms with E-state index in [9.17, 15) is 5.11 Å². The third kappa shape index (κ3) is 1.56. The van der Waals surface area contributed by atoms with E-state index in [4.69, 9.17) is 14.6 Å². The topological polar surface area (TPSA) is 58.9 Å². The number of hydrogen-bond donors (Lipinski definition) is 2. The van der Waals surface area contributed by atoms with Crippen LogP contribution in [0.15, 0.2) is 0 Å². The Hall–Kier alpha value is -0.160. The first-order valence-electron chi connectivity index (χ1n) is 5.16. The van der Waals surface area contributed by atoms with Crippen LogP contribution in [0.25, 0.3) is 0 Å². The lowest BCUT2D eigenvalue weighted by atomic mass is 9.96. The van der Waals surface area contributed by atoms with Crippen molar-refractivity contribution in [1.82, 2.24) is 0 Å².